The summed E-state index contributed by atoms with van der Waals surface area (Å²) in [6, 6.07) is 6.70. The SMILES string of the molecule is CC(=O)Nc1ccc(N)cc1C#N. The minimum atomic E-state index is -0.207. The third-order valence-corrected chi connectivity index (χ3v) is 1.47. The molecule has 3 N–H and O–H groups in total. The van der Waals surface area contributed by atoms with E-state index in [2.05, 4.69) is 5.32 Å². The maximum Gasteiger partial charge on any atom is 0.221 e. The van der Waals surface area contributed by atoms with Crippen molar-refractivity contribution in [3.05, 3.63) is 23.8 Å². The number of nitrogens with zero attached hydrogens (tertiary/aromatic N) is 1. The standard InChI is InChI=1S/C9H9N3O/c1-6(13)12-9-3-2-8(11)4-7(9)5-10/h2-4H,11H2,1H3,(H,12,13). The Balaban J connectivity index is 3.08. The van der Waals surface area contributed by atoms with Gasteiger partial charge in [-0.2, -0.15) is 5.26 Å². The number of carbonyl (C=O) groups is 1. The number of carbonyl (C=O) groups excluding carboxylic acids is 1. The lowest BCUT2D eigenvalue weighted by Crippen LogP contribution is -2.07. The van der Waals surface area contributed by atoms with Crippen molar-refractivity contribution in [2.45, 2.75) is 6.92 Å². The van der Waals surface area contributed by atoms with Gasteiger partial charge in [-0.25, -0.2) is 0 Å². The fourth-order valence-corrected chi connectivity index (χ4v) is 0.953. The van der Waals surface area contributed by atoms with Gasteiger partial charge in [0.1, 0.15) is 6.07 Å². The molecule has 13 heavy (non-hydrogen) atoms. The van der Waals surface area contributed by atoms with Crippen LogP contribution in [0, 0.1) is 11.3 Å². The minimum Gasteiger partial charge on any atom is -0.399 e. The van der Waals surface area contributed by atoms with Crippen LogP contribution in [0.25, 0.3) is 0 Å². The first kappa shape index (κ1) is 9.07. The minimum absolute atomic E-state index is 0.207. The second-order valence-corrected chi connectivity index (χ2v) is 2.60. The summed E-state index contributed by atoms with van der Waals surface area (Å²) in [6.07, 6.45) is 0. The number of amides is 1. The maximum absolute atomic E-state index is 10.7. The summed E-state index contributed by atoms with van der Waals surface area (Å²) in [4.78, 5) is 10.7. The normalized spacial score (nSPS) is 8.92. The van der Waals surface area contributed by atoms with Crippen LogP contribution in [0.5, 0.6) is 0 Å². The Morgan fingerprint density at radius 3 is 2.85 bits per heavy atom. The van der Waals surface area contributed by atoms with Gasteiger partial charge in [0.25, 0.3) is 0 Å². The number of nitrogens with one attached hydrogen (secondary N) is 1. The zero-order chi connectivity index (χ0) is 9.84. The lowest BCUT2D eigenvalue weighted by atomic mass is 10.2. The second-order valence-electron chi connectivity index (χ2n) is 2.60. The van der Waals surface area contributed by atoms with E-state index in [1.165, 1.54) is 13.0 Å². The monoisotopic (exact) mass is 175 g/mol. The lowest BCUT2D eigenvalue weighted by Gasteiger charge is -2.04. The third kappa shape index (κ3) is 2.20. The molecule has 1 aromatic carbocycles. The third-order valence-electron chi connectivity index (χ3n) is 1.47. The molecule has 0 aliphatic heterocycles. The molecule has 0 saturated carbocycles. The average molecular weight is 175 g/mol. The number of nitrogens with two attached hydrogens (primary N) is 1. The number of nitriles is 1. The summed E-state index contributed by atoms with van der Waals surface area (Å²) >= 11 is 0. The summed E-state index contributed by atoms with van der Waals surface area (Å²) < 4.78 is 0. The van der Waals surface area contributed by atoms with E-state index < -0.39 is 0 Å². The van der Waals surface area contributed by atoms with Crippen molar-refractivity contribution >= 4 is 17.3 Å². The summed E-state index contributed by atoms with van der Waals surface area (Å²) in [6.45, 7) is 1.39. The first-order valence-corrected chi connectivity index (χ1v) is 3.70. The molecule has 66 valence electrons. The number of nitrogen functional groups attached to an aromatic ring is 1. The molecule has 0 unspecified atom stereocenters. The summed E-state index contributed by atoms with van der Waals surface area (Å²) in [5.74, 6) is -0.207. The molecule has 0 atom stereocenters. The molecule has 1 amide bonds. The molecule has 0 saturated heterocycles. The first-order chi connectivity index (χ1) is 6.13. The Kier molecular flexibility index (Phi) is 2.50. The molecule has 0 bridgehead atoms. The predicted octanol–water partition coefficient (Wildman–Crippen LogP) is 1.10. The van der Waals surface area contributed by atoms with E-state index in [0.717, 1.165) is 0 Å². The van der Waals surface area contributed by atoms with Crippen LogP contribution in [-0.4, -0.2) is 5.91 Å². The molecule has 0 aliphatic rings. The van der Waals surface area contributed by atoms with Gasteiger partial charge in [0.05, 0.1) is 11.3 Å². The predicted molar refractivity (Wildman–Crippen MR) is 49.9 cm³/mol. The molecule has 4 heteroatoms. The van der Waals surface area contributed by atoms with Gasteiger partial charge >= 0.3 is 0 Å². The van der Waals surface area contributed by atoms with Gasteiger partial charge in [0, 0.05) is 12.6 Å². The molecule has 0 aliphatic carbocycles. The number of benzene rings is 1. The quantitative estimate of drug-likeness (QED) is 0.627. The number of anilines is 2. The van der Waals surface area contributed by atoms with Crippen molar-refractivity contribution in [3.8, 4) is 6.07 Å². The first-order valence-electron chi connectivity index (χ1n) is 3.70. The molecular formula is C9H9N3O. The molecule has 1 rings (SSSR count). The lowest BCUT2D eigenvalue weighted by molar-refractivity contribution is -0.114. The highest BCUT2D eigenvalue weighted by molar-refractivity contribution is 5.90. The van der Waals surface area contributed by atoms with Crippen LogP contribution in [0.2, 0.25) is 0 Å². The van der Waals surface area contributed by atoms with Crippen LogP contribution >= 0.6 is 0 Å². The Labute approximate surface area is 76.0 Å². The molecule has 0 radical (unpaired) electrons. The zero-order valence-electron chi connectivity index (χ0n) is 7.16. The fourth-order valence-electron chi connectivity index (χ4n) is 0.953. The fraction of sp³-hybridized carbons (Fsp3) is 0.111. The van der Waals surface area contributed by atoms with Crippen molar-refractivity contribution in [1.29, 1.82) is 5.26 Å². The summed E-state index contributed by atoms with van der Waals surface area (Å²) in [7, 11) is 0. The van der Waals surface area contributed by atoms with Crippen molar-refractivity contribution in [3.63, 3.8) is 0 Å². The van der Waals surface area contributed by atoms with Crippen LogP contribution in [0.1, 0.15) is 12.5 Å². The van der Waals surface area contributed by atoms with Gasteiger partial charge in [-0.1, -0.05) is 0 Å². The van der Waals surface area contributed by atoms with Crippen molar-refractivity contribution in [2.24, 2.45) is 0 Å². The van der Waals surface area contributed by atoms with Crippen LogP contribution in [0.3, 0.4) is 0 Å². The molecule has 0 aromatic heterocycles. The van der Waals surface area contributed by atoms with Crippen LogP contribution < -0.4 is 11.1 Å². The molecule has 0 spiro atoms. The summed E-state index contributed by atoms with van der Waals surface area (Å²) in [5, 5.41) is 11.2. The van der Waals surface area contributed by atoms with Gasteiger partial charge in [-0.05, 0) is 18.2 Å². The Morgan fingerprint density at radius 2 is 2.31 bits per heavy atom. The number of rotatable bonds is 1. The zero-order valence-corrected chi connectivity index (χ0v) is 7.16. The smallest absolute Gasteiger partial charge is 0.221 e. The van der Waals surface area contributed by atoms with E-state index in [-0.39, 0.29) is 5.91 Å². The maximum atomic E-state index is 10.7. The van der Waals surface area contributed by atoms with Crippen molar-refractivity contribution < 1.29 is 4.79 Å². The molecular weight excluding hydrogens is 166 g/mol. The van der Waals surface area contributed by atoms with Crippen LogP contribution in [0.15, 0.2) is 18.2 Å². The molecule has 4 nitrogen and oxygen atoms in total. The van der Waals surface area contributed by atoms with Crippen LogP contribution in [0.4, 0.5) is 11.4 Å². The number of hydrogen-bond donors (Lipinski definition) is 2. The van der Waals surface area contributed by atoms with E-state index in [1.54, 1.807) is 12.1 Å². The largest absolute Gasteiger partial charge is 0.399 e. The van der Waals surface area contributed by atoms with E-state index in [0.29, 0.717) is 16.9 Å². The van der Waals surface area contributed by atoms with Gasteiger partial charge < -0.3 is 11.1 Å². The van der Waals surface area contributed by atoms with Gasteiger partial charge in [-0.15, -0.1) is 0 Å². The molecule has 0 heterocycles. The van der Waals surface area contributed by atoms with Gasteiger partial charge in [0.2, 0.25) is 5.91 Å². The highest BCUT2D eigenvalue weighted by atomic mass is 16.1. The van der Waals surface area contributed by atoms with Crippen molar-refractivity contribution in [2.75, 3.05) is 11.1 Å². The van der Waals surface area contributed by atoms with Gasteiger partial charge in [-0.3, -0.25) is 4.79 Å². The van der Waals surface area contributed by atoms with Crippen LogP contribution in [-0.2, 0) is 4.79 Å². The van der Waals surface area contributed by atoms with E-state index in [9.17, 15) is 4.79 Å². The second kappa shape index (κ2) is 3.59. The topological polar surface area (TPSA) is 78.9 Å². The Bertz CT molecular complexity index is 379. The highest BCUT2D eigenvalue weighted by Gasteiger charge is 2.02. The van der Waals surface area contributed by atoms with Gasteiger partial charge in [0.15, 0.2) is 0 Å². The summed E-state index contributed by atoms with van der Waals surface area (Å²) in [5.41, 5.74) is 6.84. The van der Waals surface area contributed by atoms with E-state index in [1.807, 2.05) is 6.07 Å². The molecule has 0 fully saturated rings. The van der Waals surface area contributed by atoms with E-state index >= 15 is 0 Å². The molecule has 1 aromatic rings. The van der Waals surface area contributed by atoms with E-state index in [4.69, 9.17) is 11.0 Å². The Hall–Kier alpha value is -2.02. The highest BCUT2D eigenvalue weighted by Crippen LogP contribution is 2.17. The average Bonchev–Trinajstić information content (AvgIpc) is 2.07. The Morgan fingerprint density at radius 1 is 1.62 bits per heavy atom. The van der Waals surface area contributed by atoms with Crippen molar-refractivity contribution in [1.82, 2.24) is 0 Å². The number of hydrogen-bond acceptors (Lipinski definition) is 3.